The maximum Gasteiger partial charge on any atom is 0.337 e. The quantitative estimate of drug-likeness (QED) is 0.141. The van der Waals surface area contributed by atoms with E-state index in [0.717, 1.165) is 0 Å². The van der Waals surface area contributed by atoms with Crippen LogP contribution >= 0.6 is 67.8 Å². The lowest BCUT2D eigenvalue weighted by atomic mass is 10.1. The molecule has 0 saturated carbocycles. The van der Waals surface area contributed by atoms with Crippen molar-refractivity contribution in [2.24, 2.45) is 17.2 Å². The number of amides is 3. The third-order valence-electron chi connectivity index (χ3n) is 2.43. The molecule has 0 spiro atoms. The molecular formula is C15H18I3N3O12. The van der Waals surface area contributed by atoms with Crippen molar-refractivity contribution in [3.63, 3.8) is 0 Å². The van der Waals surface area contributed by atoms with Crippen molar-refractivity contribution < 1.29 is 59.4 Å². The minimum atomic E-state index is -1.36. The van der Waals surface area contributed by atoms with Gasteiger partial charge in [-0.1, -0.05) is 0 Å². The van der Waals surface area contributed by atoms with Crippen molar-refractivity contribution in [3.8, 4) is 0 Å². The van der Waals surface area contributed by atoms with Gasteiger partial charge in [0.05, 0.1) is 16.7 Å². The number of hydrogen-bond acceptors (Lipinski definition) is 9. The summed E-state index contributed by atoms with van der Waals surface area (Å²) < 4.78 is 0.0594. The molecule has 0 atom stereocenters. The van der Waals surface area contributed by atoms with E-state index in [1.807, 2.05) is 0 Å². The van der Waals surface area contributed by atoms with Crippen molar-refractivity contribution in [3.05, 3.63) is 27.4 Å². The van der Waals surface area contributed by atoms with E-state index < -0.39 is 55.5 Å². The number of nitrogens with two attached hydrogens (primary N) is 3. The lowest BCUT2D eigenvalue weighted by Crippen LogP contribution is -2.17. The number of aromatic carboxylic acids is 3. The molecule has 186 valence electrons. The topological polar surface area (TPSA) is 302 Å². The van der Waals surface area contributed by atoms with Gasteiger partial charge in [0.2, 0.25) is 17.7 Å². The summed E-state index contributed by atoms with van der Waals surface area (Å²) >= 11 is 4.80. The van der Waals surface area contributed by atoms with Crippen LogP contribution in [0, 0.1) is 10.7 Å². The van der Waals surface area contributed by atoms with Gasteiger partial charge in [-0.15, -0.1) is 0 Å². The summed E-state index contributed by atoms with van der Waals surface area (Å²) in [5.41, 5.74) is 12.3. The SMILES string of the molecule is NC(=O)CO.NC(=O)CO.NC(=O)CO.O=C(O)c1c(I)c(C(=O)O)c(I)c(C(=O)O)c1I. The van der Waals surface area contributed by atoms with E-state index in [1.165, 1.54) is 0 Å². The number of rotatable bonds is 6. The van der Waals surface area contributed by atoms with Gasteiger partial charge in [-0.25, -0.2) is 14.4 Å². The van der Waals surface area contributed by atoms with Gasteiger partial charge < -0.3 is 47.8 Å². The Bertz CT molecular complexity index is 773. The van der Waals surface area contributed by atoms with E-state index in [1.54, 1.807) is 67.8 Å². The number of primary amides is 3. The Morgan fingerprint density at radius 1 is 0.515 bits per heavy atom. The number of carbonyl (C=O) groups excluding carboxylic acids is 3. The van der Waals surface area contributed by atoms with Crippen LogP contribution in [0.1, 0.15) is 31.1 Å². The highest BCUT2D eigenvalue weighted by Gasteiger charge is 2.29. The first-order valence-electron chi connectivity index (χ1n) is 7.59. The average molecular weight is 813 g/mol. The van der Waals surface area contributed by atoms with Crippen LogP contribution in [0.4, 0.5) is 0 Å². The van der Waals surface area contributed by atoms with Gasteiger partial charge >= 0.3 is 17.9 Å². The summed E-state index contributed by atoms with van der Waals surface area (Å²) in [7, 11) is 0. The van der Waals surface area contributed by atoms with Gasteiger partial charge in [0.15, 0.2) is 0 Å². The van der Waals surface area contributed by atoms with Crippen LogP contribution in [-0.4, -0.2) is 86.1 Å². The number of aliphatic hydroxyl groups is 3. The molecule has 1 rings (SSSR count). The monoisotopic (exact) mass is 813 g/mol. The number of carbonyl (C=O) groups is 6. The van der Waals surface area contributed by atoms with Gasteiger partial charge in [-0.3, -0.25) is 14.4 Å². The highest BCUT2D eigenvalue weighted by molar-refractivity contribution is 14.1. The lowest BCUT2D eigenvalue weighted by Gasteiger charge is -2.12. The van der Waals surface area contributed by atoms with E-state index in [9.17, 15) is 28.8 Å². The fraction of sp³-hybridized carbons (Fsp3) is 0.200. The van der Waals surface area contributed by atoms with E-state index in [4.69, 9.17) is 30.6 Å². The maximum atomic E-state index is 11.1. The fourth-order valence-electron chi connectivity index (χ4n) is 1.23. The molecule has 0 unspecified atom stereocenters. The highest BCUT2D eigenvalue weighted by Crippen LogP contribution is 2.32. The second-order valence-corrected chi connectivity index (χ2v) is 8.09. The van der Waals surface area contributed by atoms with Gasteiger partial charge in [0.1, 0.15) is 19.8 Å². The predicted molar refractivity (Wildman–Crippen MR) is 134 cm³/mol. The third-order valence-corrected chi connectivity index (χ3v) is 5.66. The molecule has 0 radical (unpaired) electrons. The number of benzene rings is 1. The first-order chi connectivity index (χ1) is 15.0. The molecule has 0 aliphatic carbocycles. The predicted octanol–water partition coefficient (Wildman–Crippen LogP) is -2.01. The Morgan fingerprint density at radius 2 is 0.636 bits per heavy atom. The Hall–Kier alpha value is -1.89. The molecule has 1 aromatic carbocycles. The molecule has 3 amide bonds. The molecule has 15 nitrogen and oxygen atoms in total. The Morgan fingerprint density at radius 3 is 0.697 bits per heavy atom. The molecule has 33 heavy (non-hydrogen) atoms. The lowest BCUT2D eigenvalue weighted by molar-refractivity contribution is -0.121. The smallest absolute Gasteiger partial charge is 0.337 e. The summed E-state index contributed by atoms with van der Waals surface area (Å²) in [4.78, 5) is 61.3. The summed E-state index contributed by atoms with van der Waals surface area (Å²) in [6, 6.07) is 0. The third kappa shape index (κ3) is 14.8. The molecule has 0 aromatic heterocycles. The minimum absolute atomic E-state index is 0.0198. The second-order valence-electron chi connectivity index (χ2n) is 4.86. The van der Waals surface area contributed by atoms with Crippen molar-refractivity contribution in [1.82, 2.24) is 0 Å². The number of hydrogen-bond donors (Lipinski definition) is 9. The van der Waals surface area contributed by atoms with E-state index >= 15 is 0 Å². The van der Waals surface area contributed by atoms with Crippen LogP contribution in [0.5, 0.6) is 0 Å². The summed E-state index contributed by atoms with van der Waals surface area (Å²) in [6.07, 6.45) is 0. The van der Waals surface area contributed by atoms with Gasteiger partial charge in [0.25, 0.3) is 0 Å². The summed E-state index contributed by atoms with van der Waals surface area (Å²) in [5, 5.41) is 50.2. The number of carboxylic acid groups (broad SMARTS) is 3. The van der Waals surface area contributed by atoms with Crippen molar-refractivity contribution >= 4 is 103 Å². The Labute approximate surface area is 225 Å². The molecule has 18 heteroatoms. The minimum Gasteiger partial charge on any atom is -0.478 e. The zero-order valence-corrected chi connectivity index (χ0v) is 22.6. The number of aliphatic hydroxyl groups excluding tert-OH is 3. The van der Waals surface area contributed by atoms with Crippen LogP contribution in [0.3, 0.4) is 0 Å². The Kier molecular flexibility index (Phi) is 20.0. The molecule has 0 saturated heterocycles. The molecule has 0 heterocycles. The van der Waals surface area contributed by atoms with Crippen LogP contribution in [0.25, 0.3) is 0 Å². The molecule has 1 aromatic rings. The molecule has 0 aliphatic rings. The zero-order valence-electron chi connectivity index (χ0n) is 16.1. The first-order valence-corrected chi connectivity index (χ1v) is 10.8. The van der Waals surface area contributed by atoms with Crippen LogP contribution in [0.15, 0.2) is 0 Å². The molecular weight excluding hydrogens is 795 g/mol. The molecule has 0 aliphatic heterocycles. The largest absolute Gasteiger partial charge is 0.478 e. The van der Waals surface area contributed by atoms with Crippen LogP contribution in [-0.2, 0) is 14.4 Å². The number of halogens is 3. The van der Waals surface area contributed by atoms with Crippen molar-refractivity contribution in [2.45, 2.75) is 0 Å². The molecule has 0 fully saturated rings. The molecule has 0 bridgehead atoms. The normalized spacial score (nSPS) is 8.91. The summed E-state index contributed by atoms with van der Waals surface area (Å²) in [6.45, 7) is -1.67. The fourth-order valence-corrected chi connectivity index (χ4v) is 5.78. The van der Waals surface area contributed by atoms with E-state index in [-0.39, 0.29) is 27.4 Å². The second kappa shape index (κ2) is 18.5. The van der Waals surface area contributed by atoms with Crippen molar-refractivity contribution in [2.75, 3.05) is 19.8 Å². The average Bonchev–Trinajstić information content (AvgIpc) is 2.68. The first kappa shape index (κ1) is 35.7. The maximum absolute atomic E-state index is 11.1. The Balaban J connectivity index is -0.000000489. The van der Waals surface area contributed by atoms with E-state index in [0.29, 0.717) is 0 Å². The van der Waals surface area contributed by atoms with Crippen molar-refractivity contribution in [1.29, 1.82) is 0 Å². The van der Waals surface area contributed by atoms with Gasteiger partial charge in [-0.05, 0) is 67.8 Å². The summed E-state index contributed by atoms with van der Waals surface area (Å²) in [5.74, 6) is -6.14. The molecule has 12 N–H and O–H groups in total. The van der Waals surface area contributed by atoms with Crippen LogP contribution < -0.4 is 17.2 Å². The van der Waals surface area contributed by atoms with E-state index in [2.05, 4.69) is 17.2 Å². The van der Waals surface area contributed by atoms with Crippen LogP contribution in [0.2, 0.25) is 0 Å². The van der Waals surface area contributed by atoms with Gasteiger partial charge in [0, 0.05) is 10.7 Å². The van der Waals surface area contributed by atoms with Gasteiger partial charge in [-0.2, -0.15) is 0 Å². The highest BCUT2D eigenvalue weighted by atomic mass is 127. The number of carboxylic acids is 3. The zero-order chi connectivity index (χ0) is 27.0. The standard InChI is InChI=1S/C9H3I3O6.3C2H5NO2/c10-4-1(7(13)14)5(11)3(9(17)18)6(12)2(4)8(15)16;3*3-2(5)1-4/h(H,13,14)(H,15,16)(H,17,18);3*4H,1H2,(H2,3,5).